The molecule has 0 aromatic rings. The molecule has 0 spiro atoms. The van der Waals surface area contributed by atoms with Gasteiger partial charge in [-0.25, -0.2) is 0 Å². The van der Waals surface area contributed by atoms with Gasteiger partial charge in [0.2, 0.25) is 5.91 Å². The highest BCUT2D eigenvalue weighted by Gasteiger charge is 1.95. The summed E-state index contributed by atoms with van der Waals surface area (Å²) in [6.45, 7) is 1.08. The maximum absolute atomic E-state index is 10.2. The second kappa shape index (κ2) is 6.16. The number of hydrogen-bond acceptors (Lipinski definition) is 2. The van der Waals surface area contributed by atoms with Crippen molar-refractivity contribution in [1.29, 1.82) is 0 Å². The summed E-state index contributed by atoms with van der Waals surface area (Å²) < 4.78 is 0. The molecule has 0 aliphatic rings. The van der Waals surface area contributed by atoms with Crippen molar-refractivity contribution in [2.75, 3.05) is 20.6 Å². The molecule has 65 valence electrons. The SMILES string of the molecule is CN(C)CCCCCC([NH])=O. The molecule has 0 rings (SSSR count). The molecule has 0 fully saturated rings. The normalized spacial score (nSPS) is 10.5. The van der Waals surface area contributed by atoms with Gasteiger partial charge in [0.05, 0.1) is 0 Å². The predicted octanol–water partition coefficient (Wildman–Crippen LogP) is 0.918. The molecule has 1 amide bonds. The largest absolute Gasteiger partial charge is 0.309 e. The molecule has 0 saturated carbocycles. The molecule has 0 heterocycles. The number of carbonyl (C=O) groups is 1. The summed E-state index contributed by atoms with van der Waals surface area (Å²) in [6.07, 6.45) is 3.48. The summed E-state index contributed by atoms with van der Waals surface area (Å²) in [4.78, 5) is 12.3. The Morgan fingerprint density at radius 1 is 1.27 bits per heavy atom. The molecular weight excluding hydrogens is 140 g/mol. The lowest BCUT2D eigenvalue weighted by Gasteiger charge is -2.07. The number of unbranched alkanes of at least 4 members (excludes halogenated alkanes) is 2. The van der Waals surface area contributed by atoms with Crippen LogP contribution in [-0.4, -0.2) is 31.4 Å². The van der Waals surface area contributed by atoms with Crippen molar-refractivity contribution in [2.24, 2.45) is 0 Å². The molecule has 1 N–H and O–H groups in total. The second-order valence-electron chi connectivity index (χ2n) is 3.04. The highest BCUT2D eigenvalue weighted by molar-refractivity contribution is 5.72. The Kier molecular flexibility index (Phi) is 5.84. The van der Waals surface area contributed by atoms with Crippen LogP contribution >= 0.6 is 0 Å². The molecule has 0 unspecified atom stereocenters. The van der Waals surface area contributed by atoms with Crippen molar-refractivity contribution in [2.45, 2.75) is 25.7 Å². The Morgan fingerprint density at radius 2 is 1.91 bits per heavy atom. The fourth-order valence-electron chi connectivity index (χ4n) is 0.890. The lowest BCUT2D eigenvalue weighted by Crippen LogP contribution is -2.12. The van der Waals surface area contributed by atoms with E-state index in [0.717, 1.165) is 25.8 Å². The van der Waals surface area contributed by atoms with E-state index in [1.165, 1.54) is 0 Å². The van der Waals surface area contributed by atoms with Gasteiger partial charge in [-0.15, -0.1) is 0 Å². The third-order valence-corrected chi connectivity index (χ3v) is 1.51. The molecule has 11 heavy (non-hydrogen) atoms. The smallest absolute Gasteiger partial charge is 0.238 e. The quantitative estimate of drug-likeness (QED) is 0.538. The minimum absolute atomic E-state index is 0.424. The van der Waals surface area contributed by atoms with E-state index in [1.807, 2.05) is 14.1 Å². The number of amides is 1. The van der Waals surface area contributed by atoms with Crippen molar-refractivity contribution in [1.82, 2.24) is 10.6 Å². The summed E-state index contributed by atoms with van der Waals surface area (Å²) in [6, 6.07) is 0. The zero-order valence-electron chi connectivity index (χ0n) is 7.39. The van der Waals surface area contributed by atoms with Crippen molar-refractivity contribution in [3.63, 3.8) is 0 Å². The van der Waals surface area contributed by atoms with Crippen LogP contribution in [0.25, 0.3) is 0 Å². The Morgan fingerprint density at radius 3 is 2.36 bits per heavy atom. The van der Waals surface area contributed by atoms with Crippen LogP contribution in [0.15, 0.2) is 0 Å². The molecule has 3 heteroatoms. The minimum Gasteiger partial charge on any atom is -0.309 e. The maximum atomic E-state index is 10.2. The average molecular weight is 157 g/mol. The molecule has 0 aromatic carbocycles. The van der Waals surface area contributed by atoms with Crippen LogP contribution in [-0.2, 0) is 4.79 Å². The van der Waals surface area contributed by atoms with Gasteiger partial charge in [0.15, 0.2) is 0 Å². The van der Waals surface area contributed by atoms with Gasteiger partial charge in [-0.1, -0.05) is 6.42 Å². The third-order valence-electron chi connectivity index (χ3n) is 1.51. The van der Waals surface area contributed by atoms with Crippen LogP contribution in [0.3, 0.4) is 0 Å². The first-order valence-electron chi connectivity index (χ1n) is 4.02. The van der Waals surface area contributed by atoms with Gasteiger partial charge in [0.1, 0.15) is 0 Å². The number of rotatable bonds is 6. The van der Waals surface area contributed by atoms with Crippen molar-refractivity contribution in [3.8, 4) is 0 Å². The highest BCUT2D eigenvalue weighted by atomic mass is 16.1. The van der Waals surface area contributed by atoms with Crippen LogP contribution in [0.4, 0.5) is 0 Å². The monoisotopic (exact) mass is 157 g/mol. The first-order valence-corrected chi connectivity index (χ1v) is 4.02. The summed E-state index contributed by atoms with van der Waals surface area (Å²) in [5.74, 6) is -0.435. The average Bonchev–Trinajstić information content (AvgIpc) is 1.85. The first kappa shape index (κ1) is 10.4. The number of hydrogen-bond donors (Lipinski definition) is 0. The summed E-state index contributed by atoms with van der Waals surface area (Å²) in [5, 5.41) is 0. The van der Waals surface area contributed by atoms with Crippen LogP contribution < -0.4 is 5.73 Å². The fraction of sp³-hybridized carbons (Fsp3) is 0.875. The summed E-state index contributed by atoms with van der Waals surface area (Å²) in [7, 11) is 4.07. The van der Waals surface area contributed by atoms with E-state index in [2.05, 4.69) is 4.90 Å². The van der Waals surface area contributed by atoms with Crippen molar-refractivity contribution in [3.05, 3.63) is 0 Å². The Labute approximate surface area is 68.6 Å². The van der Waals surface area contributed by atoms with Gasteiger partial charge < -0.3 is 4.90 Å². The Balaban J connectivity index is 2.97. The number of nitrogens with one attached hydrogen (secondary N) is 1. The molecule has 0 bridgehead atoms. The summed E-state index contributed by atoms with van der Waals surface area (Å²) in [5.41, 5.74) is 6.65. The van der Waals surface area contributed by atoms with Crippen LogP contribution in [0.2, 0.25) is 0 Å². The lowest BCUT2D eigenvalue weighted by atomic mass is 10.2. The Bertz CT molecular complexity index is 113. The van der Waals surface area contributed by atoms with E-state index < -0.39 is 5.91 Å². The standard InChI is InChI=1S/C8H17N2O/c1-10(2)7-5-3-4-6-8(9)11/h9H,3-7H2,1-2H3. The molecule has 3 nitrogen and oxygen atoms in total. The summed E-state index contributed by atoms with van der Waals surface area (Å²) >= 11 is 0. The Hall–Kier alpha value is -0.570. The lowest BCUT2D eigenvalue weighted by molar-refractivity contribution is -0.118. The third kappa shape index (κ3) is 9.43. The van der Waals surface area contributed by atoms with E-state index in [1.54, 1.807) is 0 Å². The molecule has 1 radical (unpaired) electrons. The second-order valence-corrected chi connectivity index (χ2v) is 3.04. The van der Waals surface area contributed by atoms with Gasteiger partial charge >= 0.3 is 0 Å². The zero-order chi connectivity index (χ0) is 8.69. The van der Waals surface area contributed by atoms with E-state index >= 15 is 0 Å². The van der Waals surface area contributed by atoms with Crippen LogP contribution in [0.5, 0.6) is 0 Å². The highest BCUT2D eigenvalue weighted by Crippen LogP contribution is 1.99. The van der Waals surface area contributed by atoms with E-state index in [4.69, 9.17) is 5.73 Å². The molecule has 0 aliphatic heterocycles. The van der Waals surface area contributed by atoms with Gasteiger partial charge in [-0.05, 0) is 33.5 Å². The van der Waals surface area contributed by atoms with Crippen LogP contribution in [0, 0.1) is 0 Å². The molecular formula is C8H17N2O. The number of carbonyl (C=O) groups excluding carboxylic acids is 1. The van der Waals surface area contributed by atoms with Crippen molar-refractivity contribution >= 4 is 5.91 Å². The zero-order valence-corrected chi connectivity index (χ0v) is 7.39. The topological polar surface area (TPSA) is 44.1 Å². The molecule has 0 saturated heterocycles. The van der Waals surface area contributed by atoms with Crippen LogP contribution in [0.1, 0.15) is 25.7 Å². The molecule has 0 atom stereocenters. The molecule has 0 aliphatic carbocycles. The van der Waals surface area contributed by atoms with Gasteiger partial charge in [0.25, 0.3) is 0 Å². The molecule has 0 aromatic heterocycles. The minimum atomic E-state index is -0.435. The van der Waals surface area contributed by atoms with Gasteiger partial charge in [-0.3, -0.25) is 10.5 Å². The van der Waals surface area contributed by atoms with E-state index in [0.29, 0.717) is 6.42 Å². The van der Waals surface area contributed by atoms with Gasteiger partial charge in [-0.2, -0.15) is 0 Å². The van der Waals surface area contributed by atoms with E-state index in [-0.39, 0.29) is 0 Å². The first-order chi connectivity index (χ1) is 5.13. The number of nitrogens with zero attached hydrogens (tertiary/aromatic N) is 1. The van der Waals surface area contributed by atoms with Gasteiger partial charge in [0, 0.05) is 6.42 Å². The fourth-order valence-corrected chi connectivity index (χ4v) is 0.890. The van der Waals surface area contributed by atoms with E-state index in [9.17, 15) is 4.79 Å². The predicted molar refractivity (Wildman–Crippen MR) is 45.1 cm³/mol. The maximum Gasteiger partial charge on any atom is 0.238 e. The van der Waals surface area contributed by atoms with Crippen molar-refractivity contribution < 1.29 is 4.79 Å².